The van der Waals surface area contributed by atoms with Crippen molar-refractivity contribution in [3.63, 3.8) is 0 Å². The van der Waals surface area contributed by atoms with Gasteiger partial charge in [-0.15, -0.1) is 0 Å². The van der Waals surface area contributed by atoms with Crippen molar-refractivity contribution in [3.05, 3.63) is 0 Å². The van der Waals surface area contributed by atoms with Crippen molar-refractivity contribution in [1.29, 1.82) is 0 Å². The summed E-state index contributed by atoms with van der Waals surface area (Å²) in [6.45, 7) is 0. The zero-order valence-electron chi connectivity index (χ0n) is 7.85. The first-order chi connectivity index (χ1) is 6.21. The van der Waals surface area contributed by atoms with Gasteiger partial charge in [-0.1, -0.05) is 12.8 Å². The molecule has 4 N–H and O–H groups in total. The van der Waals surface area contributed by atoms with Crippen LogP contribution < -0.4 is 10.3 Å². The largest absolute Gasteiger partial charge is 0.229 e. The number of hydrogen-bond donors (Lipinski definition) is 2. The average molecular weight is 244 g/mol. The van der Waals surface area contributed by atoms with Crippen LogP contribution in [0.3, 0.4) is 0 Å². The smallest absolute Gasteiger partial charge is 0.209 e. The fraction of sp³-hybridized carbons (Fsp3) is 1.00. The Morgan fingerprint density at radius 2 is 0.929 bits per heavy atom. The molecule has 0 saturated heterocycles. The summed E-state index contributed by atoms with van der Waals surface area (Å²) in [5, 5.41) is 9.55. The van der Waals surface area contributed by atoms with Crippen molar-refractivity contribution in [2.45, 2.75) is 25.7 Å². The number of hydrogen-bond acceptors (Lipinski definition) is 4. The highest BCUT2D eigenvalue weighted by atomic mass is 32.2. The number of primary sulfonamides is 2. The molecule has 0 bridgehead atoms. The Morgan fingerprint density at radius 3 is 1.14 bits per heavy atom. The van der Waals surface area contributed by atoms with E-state index in [4.69, 9.17) is 10.3 Å². The van der Waals surface area contributed by atoms with E-state index in [-0.39, 0.29) is 11.5 Å². The van der Waals surface area contributed by atoms with Gasteiger partial charge in [0.15, 0.2) is 0 Å². The second-order valence-electron chi connectivity index (χ2n) is 3.15. The molecule has 0 aliphatic heterocycles. The molecule has 0 atom stereocenters. The monoisotopic (exact) mass is 244 g/mol. The number of sulfonamides is 2. The van der Waals surface area contributed by atoms with Crippen LogP contribution in [-0.2, 0) is 20.0 Å². The van der Waals surface area contributed by atoms with Crippen LogP contribution in [0.25, 0.3) is 0 Å². The summed E-state index contributed by atoms with van der Waals surface area (Å²) in [4.78, 5) is 0. The lowest BCUT2D eigenvalue weighted by atomic mass is 10.2. The fourth-order valence-corrected chi connectivity index (χ4v) is 2.17. The second kappa shape index (κ2) is 5.64. The molecular formula is C6H16N2O4S2. The summed E-state index contributed by atoms with van der Waals surface area (Å²) in [5.74, 6) is -0.106. The molecule has 6 nitrogen and oxygen atoms in total. The molecule has 0 aromatic rings. The molecule has 0 radical (unpaired) electrons. The molecule has 0 amide bonds. The van der Waals surface area contributed by atoms with Crippen LogP contribution in [-0.4, -0.2) is 28.3 Å². The van der Waals surface area contributed by atoms with Crippen LogP contribution in [0.1, 0.15) is 25.7 Å². The molecule has 8 heteroatoms. The van der Waals surface area contributed by atoms with E-state index in [1.54, 1.807) is 0 Å². The average Bonchev–Trinajstić information content (AvgIpc) is 1.92. The third-order valence-corrected chi connectivity index (χ3v) is 3.32. The van der Waals surface area contributed by atoms with Gasteiger partial charge in [-0.2, -0.15) is 0 Å². The summed E-state index contributed by atoms with van der Waals surface area (Å²) in [5.41, 5.74) is 0. The summed E-state index contributed by atoms with van der Waals surface area (Å²) in [6.07, 6.45) is 2.21. The zero-order valence-corrected chi connectivity index (χ0v) is 9.48. The zero-order chi connectivity index (χ0) is 11.2. The molecule has 0 rings (SSSR count). The van der Waals surface area contributed by atoms with Gasteiger partial charge in [0.2, 0.25) is 20.0 Å². The van der Waals surface area contributed by atoms with Crippen LogP contribution in [0, 0.1) is 0 Å². The van der Waals surface area contributed by atoms with E-state index in [9.17, 15) is 16.8 Å². The molecule has 0 aromatic carbocycles. The van der Waals surface area contributed by atoms with Gasteiger partial charge in [0, 0.05) is 0 Å². The normalized spacial score (nSPS) is 13.0. The summed E-state index contributed by atoms with van der Waals surface area (Å²) < 4.78 is 41.9. The van der Waals surface area contributed by atoms with E-state index in [2.05, 4.69) is 0 Å². The first-order valence-corrected chi connectivity index (χ1v) is 7.65. The highest BCUT2D eigenvalue weighted by molar-refractivity contribution is 7.89. The molecule has 14 heavy (non-hydrogen) atoms. The third-order valence-electron chi connectivity index (χ3n) is 1.61. The molecule has 0 heterocycles. The maximum Gasteiger partial charge on any atom is 0.209 e. The molecule has 0 aromatic heterocycles. The Morgan fingerprint density at radius 1 is 0.643 bits per heavy atom. The second-order valence-corrected chi connectivity index (χ2v) is 6.62. The lowest BCUT2D eigenvalue weighted by Gasteiger charge is -1.99. The van der Waals surface area contributed by atoms with Crippen molar-refractivity contribution < 1.29 is 16.8 Å². The minimum atomic E-state index is -3.38. The van der Waals surface area contributed by atoms with Crippen molar-refractivity contribution in [3.8, 4) is 0 Å². The van der Waals surface area contributed by atoms with Gasteiger partial charge in [-0.25, -0.2) is 27.1 Å². The highest BCUT2D eigenvalue weighted by Crippen LogP contribution is 2.02. The van der Waals surface area contributed by atoms with Gasteiger partial charge in [0.1, 0.15) is 0 Å². The lowest BCUT2D eigenvalue weighted by molar-refractivity contribution is 0.583. The highest BCUT2D eigenvalue weighted by Gasteiger charge is 2.03. The van der Waals surface area contributed by atoms with Crippen molar-refractivity contribution in [1.82, 2.24) is 0 Å². The number of rotatable bonds is 7. The predicted molar refractivity (Wildman–Crippen MR) is 54.4 cm³/mol. The topological polar surface area (TPSA) is 120 Å². The van der Waals surface area contributed by atoms with Gasteiger partial charge in [0.25, 0.3) is 0 Å². The molecule has 0 aliphatic carbocycles. The minimum Gasteiger partial charge on any atom is -0.229 e. The van der Waals surface area contributed by atoms with Gasteiger partial charge < -0.3 is 0 Å². The van der Waals surface area contributed by atoms with E-state index >= 15 is 0 Å². The van der Waals surface area contributed by atoms with E-state index in [0.717, 1.165) is 0 Å². The third kappa shape index (κ3) is 11.8. The number of unbranched alkanes of at least 4 members (excludes halogenated alkanes) is 3. The Kier molecular flexibility index (Phi) is 5.57. The van der Waals surface area contributed by atoms with Crippen LogP contribution in [0.5, 0.6) is 0 Å². The summed E-state index contributed by atoms with van der Waals surface area (Å²) in [7, 11) is -6.77. The van der Waals surface area contributed by atoms with E-state index in [1.807, 2.05) is 0 Å². The summed E-state index contributed by atoms with van der Waals surface area (Å²) >= 11 is 0. The van der Waals surface area contributed by atoms with E-state index in [0.29, 0.717) is 25.7 Å². The molecule has 0 unspecified atom stereocenters. The van der Waals surface area contributed by atoms with Gasteiger partial charge in [-0.05, 0) is 12.8 Å². The van der Waals surface area contributed by atoms with Crippen molar-refractivity contribution in [2.24, 2.45) is 10.3 Å². The van der Waals surface area contributed by atoms with E-state index in [1.165, 1.54) is 0 Å². The molecule has 0 saturated carbocycles. The Balaban J connectivity index is 3.41. The van der Waals surface area contributed by atoms with E-state index < -0.39 is 20.0 Å². The summed E-state index contributed by atoms with van der Waals surface area (Å²) in [6, 6.07) is 0. The molecule has 86 valence electrons. The Hall–Kier alpha value is -0.180. The van der Waals surface area contributed by atoms with Crippen LogP contribution in [0.15, 0.2) is 0 Å². The number of nitrogens with two attached hydrogens (primary N) is 2. The first kappa shape index (κ1) is 13.8. The quantitative estimate of drug-likeness (QED) is 0.565. The predicted octanol–water partition coefficient (Wildman–Crippen LogP) is -0.876. The standard InChI is InChI=1S/C6H16N2O4S2/c7-13(9,10)5-3-1-2-4-6-14(8,11)12/h1-6H2,(H2,7,9,10)(H2,8,11,12). The molecule has 0 spiro atoms. The van der Waals surface area contributed by atoms with Crippen LogP contribution in [0.4, 0.5) is 0 Å². The Labute approximate surface area is 84.8 Å². The minimum absolute atomic E-state index is 0.0532. The van der Waals surface area contributed by atoms with Gasteiger partial charge >= 0.3 is 0 Å². The first-order valence-electron chi connectivity index (χ1n) is 4.22. The Bertz CT molecular complexity index is 310. The van der Waals surface area contributed by atoms with Crippen LogP contribution in [0.2, 0.25) is 0 Å². The lowest BCUT2D eigenvalue weighted by Crippen LogP contribution is -2.17. The molecular weight excluding hydrogens is 228 g/mol. The van der Waals surface area contributed by atoms with Gasteiger partial charge in [0.05, 0.1) is 11.5 Å². The van der Waals surface area contributed by atoms with Crippen molar-refractivity contribution >= 4 is 20.0 Å². The molecule has 0 fully saturated rings. The SMILES string of the molecule is NS(=O)(=O)CCCCCCS(N)(=O)=O. The van der Waals surface area contributed by atoms with Crippen molar-refractivity contribution in [2.75, 3.05) is 11.5 Å². The molecule has 0 aliphatic rings. The maximum absolute atomic E-state index is 10.5. The van der Waals surface area contributed by atoms with Crippen LogP contribution >= 0.6 is 0 Å². The van der Waals surface area contributed by atoms with Gasteiger partial charge in [-0.3, -0.25) is 0 Å². The maximum atomic E-state index is 10.5. The fourth-order valence-electron chi connectivity index (χ4n) is 0.960.